The fraction of sp³-hybridized carbons (Fsp3) is 0.938. The third-order valence-corrected chi connectivity index (χ3v) is 5.35. The maximum Gasteiger partial charge on any atom is 0.227 e. The van der Waals surface area contributed by atoms with E-state index in [9.17, 15) is 4.79 Å². The van der Waals surface area contributed by atoms with E-state index in [4.69, 9.17) is 4.74 Å². The Bertz CT molecular complexity index is 335. The zero-order valence-corrected chi connectivity index (χ0v) is 14.9. The van der Waals surface area contributed by atoms with Gasteiger partial charge in [0.15, 0.2) is 0 Å². The molecule has 0 aromatic rings. The van der Waals surface area contributed by atoms with E-state index < -0.39 is 0 Å². The van der Waals surface area contributed by atoms with Crippen molar-refractivity contribution in [1.82, 2.24) is 14.7 Å². The van der Waals surface area contributed by atoms with Crippen molar-refractivity contribution in [2.24, 2.45) is 5.92 Å². The van der Waals surface area contributed by atoms with Crippen LogP contribution in [-0.2, 0) is 9.53 Å². The summed E-state index contributed by atoms with van der Waals surface area (Å²) < 4.78 is 5.16. The normalized spacial score (nSPS) is 24.6. The number of likely N-dealkylation sites (tertiary alicyclic amines) is 1. The molecule has 2 rings (SSSR count). The number of methoxy groups -OCH3 is 1. The maximum absolute atomic E-state index is 12.7. The molecule has 0 spiro atoms. The Morgan fingerprint density at radius 1 is 1.14 bits per heavy atom. The van der Waals surface area contributed by atoms with E-state index in [2.05, 4.69) is 21.0 Å². The van der Waals surface area contributed by atoms with Gasteiger partial charge in [0.25, 0.3) is 0 Å². The number of carbonyl (C=O) groups is 1. The molecule has 1 amide bonds. The predicted octanol–water partition coefficient (Wildman–Crippen LogP) is 0.852. The molecule has 128 valence electrons. The fourth-order valence-electron chi connectivity index (χ4n) is 3.35. The molecule has 2 aliphatic rings. The molecule has 2 heterocycles. The van der Waals surface area contributed by atoms with Gasteiger partial charge in [-0.1, -0.05) is 0 Å². The molecular formula is C16H31N3O2S. The van der Waals surface area contributed by atoms with Crippen LogP contribution in [0, 0.1) is 5.92 Å². The minimum absolute atomic E-state index is 0.198. The van der Waals surface area contributed by atoms with Crippen molar-refractivity contribution in [3.63, 3.8) is 0 Å². The van der Waals surface area contributed by atoms with Crippen molar-refractivity contribution >= 4 is 17.7 Å². The van der Waals surface area contributed by atoms with Gasteiger partial charge in [0, 0.05) is 58.7 Å². The second kappa shape index (κ2) is 9.75. The summed E-state index contributed by atoms with van der Waals surface area (Å²) in [4.78, 5) is 19.7. The molecule has 0 aliphatic carbocycles. The molecule has 2 fully saturated rings. The number of piperidine rings is 1. The molecule has 2 saturated heterocycles. The molecular weight excluding hydrogens is 298 g/mol. The lowest BCUT2D eigenvalue weighted by molar-refractivity contribution is -0.139. The van der Waals surface area contributed by atoms with Crippen molar-refractivity contribution < 1.29 is 9.53 Å². The van der Waals surface area contributed by atoms with E-state index in [1.54, 1.807) is 7.11 Å². The molecule has 0 saturated carbocycles. The van der Waals surface area contributed by atoms with Crippen molar-refractivity contribution in [2.45, 2.75) is 12.8 Å². The first-order chi connectivity index (χ1) is 10.7. The number of thioether (sulfide) groups is 1. The molecule has 1 unspecified atom stereocenters. The lowest BCUT2D eigenvalue weighted by Crippen LogP contribution is -2.53. The summed E-state index contributed by atoms with van der Waals surface area (Å²) in [7, 11) is 1.74. The van der Waals surface area contributed by atoms with E-state index in [1.807, 2.05) is 11.8 Å². The first-order valence-electron chi connectivity index (χ1n) is 8.46. The number of rotatable bonds is 7. The van der Waals surface area contributed by atoms with Crippen LogP contribution < -0.4 is 0 Å². The Morgan fingerprint density at radius 2 is 1.91 bits per heavy atom. The lowest BCUT2D eigenvalue weighted by atomic mass is 9.96. The maximum atomic E-state index is 12.7. The largest absolute Gasteiger partial charge is 0.383 e. The highest BCUT2D eigenvalue weighted by molar-refractivity contribution is 7.98. The monoisotopic (exact) mass is 329 g/mol. The first kappa shape index (κ1) is 18.0. The average Bonchev–Trinajstić information content (AvgIpc) is 2.58. The highest BCUT2D eigenvalue weighted by Crippen LogP contribution is 2.19. The zero-order chi connectivity index (χ0) is 15.8. The Balaban J connectivity index is 1.74. The van der Waals surface area contributed by atoms with Crippen LogP contribution in [0.15, 0.2) is 0 Å². The highest BCUT2D eigenvalue weighted by Gasteiger charge is 2.30. The second-order valence-electron chi connectivity index (χ2n) is 6.29. The molecule has 5 nitrogen and oxygen atoms in total. The summed E-state index contributed by atoms with van der Waals surface area (Å²) in [6.07, 6.45) is 4.33. The molecule has 0 N–H and O–H groups in total. The van der Waals surface area contributed by atoms with Crippen LogP contribution in [0.4, 0.5) is 0 Å². The van der Waals surface area contributed by atoms with Crippen LogP contribution in [-0.4, -0.2) is 98.7 Å². The number of carbonyl (C=O) groups excluding carboxylic acids is 1. The molecule has 0 aromatic carbocycles. The standard InChI is InChI=1S/C16H31N3O2S/c1-21-12-10-18-5-3-4-15(14-18)16(20)19-8-6-17(7-9-19)11-13-22-2/h15H,3-14H2,1-2H3. The van der Waals surface area contributed by atoms with Crippen molar-refractivity contribution in [3.8, 4) is 0 Å². The molecule has 2 aliphatic heterocycles. The van der Waals surface area contributed by atoms with E-state index in [-0.39, 0.29) is 5.92 Å². The van der Waals surface area contributed by atoms with Crippen molar-refractivity contribution in [1.29, 1.82) is 0 Å². The number of hydrogen-bond donors (Lipinski definition) is 0. The minimum atomic E-state index is 0.198. The zero-order valence-electron chi connectivity index (χ0n) is 14.1. The summed E-state index contributed by atoms with van der Waals surface area (Å²) >= 11 is 1.89. The number of ether oxygens (including phenoxy) is 1. The van der Waals surface area contributed by atoms with Crippen LogP contribution in [0.25, 0.3) is 0 Å². The fourth-order valence-corrected chi connectivity index (χ4v) is 3.79. The van der Waals surface area contributed by atoms with Gasteiger partial charge in [-0.3, -0.25) is 9.69 Å². The number of nitrogens with zero attached hydrogens (tertiary/aromatic N) is 3. The Hall–Kier alpha value is -0.300. The van der Waals surface area contributed by atoms with Gasteiger partial charge in [0.05, 0.1) is 12.5 Å². The van der Waals surface area contributed by atoms with Crippen LogP contribution in [0.2, 0.25) is 0 Å². The summed E-state index contributed by atoms with van der Waals surface area (Å²) in [6, 6.07) is 0. The van der Waals surface area contributed by atoms with Gasteiger partial charge >= 0.3 is 0 Å². The van der Waals surface area contributed by atoms with Crippen LogP contribution in [0.1, 0.15) is 12.8 Å². The van der Waals surface area contributed by atoms with Gasteiger partial charge in [-0.15, -0.1) is 0 Å². The van der Waals surface area contributed by atoms with Gasteiger partial charge in [-0.2, -0.15) is 11.8 Å². The quantitative estimate of drug-likeness (QED) is 0.692. The predicted molar refractivity (Wildman–Crippen MR) is 92.4 cm³/mol. The summed E-state index contributed by atoms with van der Waals surface area (Å²) in [5, 5.41) is 0. The molecule has 22 heavy (non-hydrogen) atoms. The van der Waals surface area contributed by atoms with E-state index in [1.165, 1.54) is 5.75 Å². The SMILES string of the molecule is COCCN1CCCC(C(=O)N2CCN(CCSC)CC2)C1. The van der Waals surface area contributed by atoms with E-state index >= 15 is 0 Å². The molecule has 0 aromatic heterocycles. The molecule has 6 heteroatoms. The Morgan fingerprint density at radius 3 is 2.59 bits per heavy atom. The van der Waals surface area contributed by atoms with Gasteiger partial charge in [-0.05, 0) is 25.6 Å². The average molecular weight is 330 g/mol. The third kappa shape index (κ3) is 5.41. The van der Waals surface area contributed by atoms with Gasteiger partial charge in [0.2, 0.25) is 5.91 Å². The van der Waals surface area contributed by atoms with Gasteiger partial charge in [-0.25, -0.2) is 0 Å². The number of amides is 1. The van der Waals surface area contributed by atoms with Crippen LogP contribution in [0.3, 0.4) is 0 Å². The minimum Gasteiger partial charge on any atom is -0.383 e. The number of hydrogen-bond acceptors (Lipinski definition) is 5. The van der Waals surface area contributed by atoms with Gasteiger partial charge in [0.1, 0.15) is 0 Å². The second-order valence-corrected chi connectivity index (χ2v) is 7.28. The lowest BCUT2D eigenvalue weighted by Gasteiger charge is -2.39. The molecule has 0 bridgehead atoms. The molecule has 0 radical (unpaired) electrons. The summed E-state index contributed by atoms with van der Waals surface area (Å²) in [5.74, 6) is 1.76. The van der Waals surface area contributed by atoms with Crippen molar-refractivity contribution in [2.75, 3.05) is 78.1 Å². The van der Waals surface area contributed by atoms with Gasteiger partial charge < -0.3 is 14.5 Å². The van der Waals surface area contributed by atoms with Crippen LogP contribution in [0.5, 0.6) is 0 Å². The molecule has 1 atom stereocenters. The van der Waals surface area contributed by atoms with E-state index in [0.717, 1.165) is 71.8 Å². The van der Waals surface area contributed by atoms with Crippen LogP contribution >= 0.6 is 11.8 Å². The first-order valence-corrected chi connectivity index (χ1v) is 9.85. The Kier molecular flexibility index (Phi) is 8.00. The Labute approximate surface area is 139 Å². The summed E-state index contributed by atoms with van der Waals surface area (Å²) in [6.45, 7) is 8.75. The smallest absolute Gasteiger partial charge is 0.227 e. The number of piperazine rings is 1. The van der Waals surface area contributed by atoms with Crippen molar-refractivity contribution in [3.05, 3.63) is 0 Å². The highest BCUT2D eigenvalue weighted by atomic mass is 32.2. The topological polar surface area (TPSA) is 36.0 Å². The summed E-state index contributed by atoms with van der Waals surface area (Å²) in [5.41, 5.74) is 0. The van der Waals surface area contributed by atoms with E-state index in [0.29, 0.717) is 5.91 Å². The third-order valence-electron chi connectivity index (χ3n) is 4.76.